The second kappa shape index (κ2) is 4.32. The van der Waals surface area contributed by atoms with Crippen molar-refractivity contribution in [3.05, 3.63) is 35.2 Å². The smallest absolute Gasteiger partial charge is 0.0345 e. The molecule has 1 heterocycles. The van der Waals surface area contributed by atoms with Gasteiger partial charge in [-0.1, -0.05) is 25.1 Å². The van der Waals surface area contributed by atoms with Crippen LogP contribution >= 0.6 is 11.3 Å². The summed E-state index contributed by atoms with van der Waals surface area (Å²) in [6.45, 7) is 10.3. The van der Waals surface area contributed by atoms with E-state index in [-0.39, 0.29) is 5.54 Å². The van der Waals surface area contributed by atoms with Gasteiger partial charge in [0, 0.05) is 20.5 Å². The van der Waals surface area contributed by atoms with Crippen LogP contribution in [0.2, 0.25) is 0 Å². The fourth-order valence-corrected chi connectivity index (χ4v) is 4.04. The molecular weight excluding hydrogens is 250 g/mol. The van der Waals surface area contributed by atoms with Crippen molar-refractivity contribution in [2.24, 2.45) is 5.92 Å². The van der Waals surface area contributed by atoms with Crippen molar-refractivity contribution in [3.63, 3.8) is 0 Å². The summed E-state index contributed by atoms with van der Waals surface area (Å²) in [6, 6.07) is 11.1. The van der Waals surface area contributed by atoms with Crippen LogP contribution in [0.25, 0.3) is 10.1 Å². The first-order valence-electron chi connectivity index (χ1n) is 7.13. The number of hydrogen-bond acceptors (Lipinski definition) is 2. The lowest BCUT2D eigenvalue weighted by molar-refractivity contribution is 0.407. The molecule has 2 atom stereocenters. The van der Waals surface area contributed by atoms with E-state index in [1.54, 1.807) is 4.88 Å². The van der Waals surface area contributed by atoms with Gasteiger partial charge in [0.2, 0.25) is 0 Å². The topological polar surface area (TPSA) is 12.0 Å². The van der Waals surface area contributed by atoms with Gasteiger partial charge in [0.1, 0.15) is 0 Å². The zero-order valence-electron chi connectivity index (χ0n) is 12.3. The highest BCUT2D eigenvalue weighted by molar-refractivity contribution is 7.19. The van der Waals surface area contributed by atoms with Gasteiger partial charge < -0.3 is 5.32 Å². The number of fused-ring (bicyclic) bond motifs is 1. The first-order chi connectivity index (χ1) is 8.88. The average Bonchev–Trinajstić information content (AvgIpc) is 2.83. The molecule has 1 aliphatic rings. The van der Waals surface area contributed by atoms with E-state index in [4.69, 9.17) is 0 Å². The standard InChI is InChI=1S/C17H23NS/c1-16(2,3)18-11-13-10-17(13,4)15-9-12-7-5-6-8-14(12)19-15/h5-9,13,18H,10-11H2,1-4H3. The predicted molar refractivity (Wildman–Crippen MR) is 85.0 cm³/mol. The van der Waals surface area contributed by atoms with Gasteiger partial charge in [-0.15, -0.1) is 11.3 Å². The fourth-order valence-electron chi connectivity index (χ4n) is 2.74. The molecule has 1 fully saturated rings. The Bertz CT molecular complexity index is 560. The SMILES string of the molecule is CC(C)(C)NCC1CC1(C)c1cc2ccccc2s1. The minimum Gasteiger partial charge on any atom is -0.312 e. The first-order valence-corrected chi connectivity index (χ1v) is 7.94. The maximum Gasteiger partial charge on any atom is 0.0345 e. The number of hydrogen-bond donors (Lipinski definition) is 1. The zero-order chi connectivity index (χ0) is 13.7. The van der Waals surface area contributed by atoms with Gasteiger partial charge in [0.15, 0.2) is 0 Å². The maximum absolute atomic E-state index is 3.65. The van der Waals surface area contributed by atoms with Crippen LogP contribution in [0.5, 0.6) is 0 Å². The van der Waals surface area contributed by atoms with Gasteiger partial charge in [-0.2, -0.15) is 0 Å². The van der Waals surface area contributed by atoms with E-state index in [0.29, 0.717) is 5.41 Å². The second-order valence-electron chi connectivity index (χ2n) is 7.10. The molecule has 0 bridgehead atoms. The molecule has 1 aromatic carbocycles. The van der Waals surface area contributed by atoms with Crippen molar-refractivity contribution in [2.45, 2.75) is 45.1 Å². The van der Waals surface area contributed by atoms with Gasteiger partial charge in [0.05, 0.1) is 0 Å². The third-order valence-corrected chi connectivity index (χ3v) is 5.67. The summed E-state index contributed by atoms with van der Waals surface area (Å²) in [5.41, 5.74) is 0.631. The number of rotatable bonds is 3. The summed E-state index contributed by atoms with van der Waals surface area (Å²) in [5, 5.41) is 5.05. The Labute approximate surface area is 120 Å². The summed E-state index contributed by atoms with van der Waals surface area (Å²) in [6.07, 6.45) is 1.32. The normalized spacial score (nSPS) is 26.8. The average molecular weight is 273 g/mol. The van der Waals surface area contributed by atoms with Crippen LogP contribution < -0.4 is 5.32 Å². The molecule has 1 saturated carbocycles. The molecule has 0 amide bonds. The van der Waals surface area contributed by atoms with Crippen LogP contribution in [0.1, 0.15) is 39.0 Å². The lowest BCUT2D eigenvalue weighted by Crippen LogP contribution is -2.37. The molecule has 3 rings (SSSR count). The van der Waals surface area contributed by atoms with Crippen LogP contribution in [0.3, 0.4) is 0 Å². The van der Waals surface area contributed by atoms with E-state index in [9.17, 15) is 0 Å². The van der Waals surface area contributed by atoms with E-state index in [1.807, 2.05) is 11.3 Å². The lowest BCUT2D eigenvalue weighted by atomic mass is 10.0. The van der Waals surface area contributed by atoms with Gasteiger partial charge >= 0.3 is 0 Å². The Morgan fingerprint density at radius 1 is 1.32 bits per heavy atom. The molecule has 1 aliphatic carbocycles. The second-order valence-corrected chi connectivity index (χ2v) is 8.18. The first kappa shape index (κ1) is 13.1. The van der Waals surface area contributed by atoms with Crippen molar-refractivity contribution in [1.29, 1.82) is 0 Å². The van der Waals surface area contributed by atoms with E-state index in [2.05, 4.69) is 63.3 Å². The highest BCUT2D eigenvalue weighted by Crippen LogP contribution is 2.56. The van der Waals surface area contributed by atoms with E-state index in [1.165, 1.54) is 16.5 Å². The number of nitrogens with one attached hydrogen (secondary N) is 1. The van der Waals surface area contributed by atoms with Crippen molar-refractivity contribution >= 4 is 21.4 Å². The Morgan fingerprint density at radius 2 is 2.05 bits per heavy atom. The van der Waals surface area contributed by atoms with Gasteiger partial charge in [0.25, 0.3) is 0 Å². The monoisotopic (exact) mass is 273 g/mol. The molecule has 1 N–H and O–H groups in total. The lowest BCUT2D eigenvalue weighted by Gasteiger charge is -2.21. The Hall–Kier alpha value is -0.860. The zero-order valence-corrected chi connectivity index (χ0v) is 13.1. The molecule has 0 spiro atoms. The van der Waals surface area contributed by atoms with Crippen LogP contribution in [0, 0.1) is 5.92 Å². The van der Waals surface area contributed by atoms with Gasteiger partial charge in [-0.25, -0.2) is 0 Å². The molecule has 0 aliphatic heterocycles. The molecule has 0 saturated heterocycles. The Morgan fingerprint density at radius 3 is 2.74 bits per heavy atom. The minimum absolute atomic E-state index is 0.226. The van der Waals surface area contributed by atoms with Crippen molar-refractivity contribution in [3.8, 4) is 0 Å². The summed E-state index contributed by atoms with van der Waals surface area (Å²) in [7, 11) is 0. The van der Waals surface area contributed by atoms with Crippen LogP contribution in [-0.4, -0.2) is 12.1 Å². The summed E-state index contributed by atoms with van der Waals surface area (Å²) in [5.74, 6) is 0.791. The Balaban J connectivity index is 1.76. The quantitative estimate of drug-likeness (QED) is 0.864. The molecule has 2 aromatic rings. The molecule has 1 aromatic heterocycles. The number of benzene rings is 1. The summed E-state index contributed by atoms with van der Waals surface area (Å²) >= 11 is 1.98. The molecule has 19 heavy (non-hydrogen) atoms. The van der Waals surface area contributed by atoms with Crippen molar-refractivity contribution in [2.75, 3.05) is 6.54 Å². The van der Waals surface area contributed by atoms with Gasteiger partial charge in [-0.3, -0.25) is 0 Å². The van der Waals surface area contributed by atoms with E-state index >= 15 is 0 Å². The summed E-state index contributed by atoms with van der Waals surface area (Å²) in [4.78, 5) is 1.56. The third-order valence-electron chi connectivity index (χ3n) is 4.28. The summed E-state index contributed by atoms with van der Waals surface area (Å²) < 4.78 is 1.42. The highest BCUT2D eigenvalue weighted by atomic mass is 32.1. The molecule has 1 nitrogen and oxygen atoms in total. The van der Waals surface area contributed by atoms with E-state index < -0.39 is 0 Å². The van der Waals surface area contributed by atoms with Crippen molar-refractivity contribution < 1.29 is 0 Å². The Kier molecular flexibility index (Phi) is 2.99. The molecule has 2 unspecified atom stereocenters. The van der Waals surface area contributed by atoms with E-state index in [0.717, 1.165) is 12.5 Å². The van der Waals surface area contributed by atoms with Crippen molar-refractivity contribution in [1.82, 2.24) is 5.32 Å². The molecule has 2 heteroatoms. The molecule has 102 valence electrons. The predicted octanol–water partition coefficient (Wildman–Crippen LogP) is 4.57. The van der Waals surface area contributed by atoms with Crippen LogP contribution in [-0.2, 0) is 5.41 Å². The van der Waals surface area contributed by atoms with Crippen LogP contribution in [0.15, 0.2) is 30.3 Å². The third kappa shape index (κ3) is 2.56. The fraction of sp³-hybridized carbons (Fsp3) is 0.529. The van der Waals surface area contributed by atoms with Gasteiger partial charge in [-0.05, 0) is 57.2 Å². The molecular formula is C17H23NS. The molecule has 0 radical (unpaired) electrons. The largest absolute Gasteiger partial charge is 0.312 e. The number of thiophene rings is 1. The van der Waals surface area contributed by atoms with Crippen LogP contribution in [0.4, 0.5) is 0 Å². The minimum atomic E-state index is 0.226. The maximum atomic E-state index is 3.65. The highest BCUT2D eigenvalue weighted by Gasteiger charge is 2.51.